The summed E-state index contributed by atoms with van der Waals surface area (Å²) < 4.78 is 12.7. The Morgan fingerprint density at radius 2 is 1.71 bits per heavy atom. The fourth-order valence-electron chi connectivity index (χ4n) is 3.97. The normalized spacial score (nSPS) is 14.1. The molecule has 2 heterocycles. The molecule has 4 aromatic rings. The molecule has 0 saturated carbocycles. The summed E-state index contributed by atoms with van der Waals surface area (Å²) in [6.45, 7) is 0.134. The number of aliphatic hydroxyl groups is 1. The van der Waals surface area contributed by atoms with Crippen LogP contribution in [0.2, 0.25) is 0 Å². The topological polar surface area (TPSA) is 60.7 Å². The SMILES string of the molecule is Cn1cc(/C(=C/[C@@H](O)C(=O)c2ccc3c(c2)OCO3)c2ccccc2)c2ccccc21. The molecule has 31 heavy (non-hydrogen) atoms. The second-order valence-corrected chi connectivity index (χ2v) is 7.49. The quantitative estimate of drug-likeness (QED) is 0.488. The Labute approximate surface area is 179 Å². The van der Waals surface area contributed by atoms with E-state index in [0.29, 0.717) is 17.1 Å². The number of aromatic nitrogens is 1. The maximum Gasteiger partial charge on any atom is 0.231 e. The highest BCUT2D eigenvalue weighted by Gasteiger charge is 2.22. The molecule has 0 fully saturated rings. The van der Waals surface area contributed by atoms with Crippen LogP contribution in [0.25, 0.3) is 16.5 Å². The summed E-state index contributed by atoms with van der Waals surface area (Å²) in [7, 11) is 1.99. The molecule has 0 spiro atoms. The van der Waals surface area contributed by atoms with Crippen LogP contribution in [0.1, 0.15) is 21.5 Å². The van der Waals surface area contributed by atoms with Crippen molar-refractivity contribution in [2.75, 3.05) is 6.79 Å². The van der Waals surface area contributed by atoms with Crippen molar-refractivity contribution in [3.05, 3.63) is 102 Å². The number of aliphatic hydroxyl groups excluding tert-OH is 1. The first-order valence-electron chi connectivity index (χ1n) is 10.1. The van der Waals surface area contributed by atoms with Crippen molar-refractivity contribution >= 4 is 22.3 Å². The average molecular weight is 411 g/mol. The van der Waals surface area contributed by atoms with E-state index in [2.05, 4.69) is 6.07 Å². The first-order valence-corrected chi connectivity index (χ1v) is 10.1. The molecule has 0 unspecified atom stereocenters. The number of ketones is 1. The number of Topliss-reactive ketones (excluding diaryl/α,β-unsaturated/α-hetero) is 1. The van der Waals surface area contributed by atoms with E-state index in [1.165, 1.54) is 0 Å². The fourth-order valence-corrected chi connectivity index (χ4v) is 3.97. The Hall–Kier alpha value is -3.83. The predicted octanol–water partition coefficient (Wildman–Crippen LogP) is 4.58. The summed E-state index contributed by atoms with van der Waals surface area (Å²) in [4.78, 5) is 13.0. The van der Waals surface area contributed by atoms with E-state index >= 15 is 0 Å². The summed E-state index contributed by atoms with van der Waals surface area (Å²) in [6, 6.07) is 22.8. The molecule has 1 N–H and O–H groups in total. The van der Waals surface area contributed by atoms with Gasteiger partial charge in [0.05, 0.1) is 0 Å². The van der Waals surface area contributed by atoms with Gasteiger partial charge in [-0.3, -0.25) is 4.79 Å². The first-order chi connectivity index (χ1) is 15.1. The van der Waals surface area contributed by atoms with Crippen molar-refractivity contribution in [3.8, 4) is 11.5 Å². The van der Waals surface area contributed by atoms with Crippen LogP contribution in [0, 0.1) is 0 Å². The minimum Gasteiger partial charge on any atom is -0.454 e. The molecular formula is C26H21NO4. The number of carbonyl (C=O) groups is 1. The molecule has 5 heteroatoms. The lowest BCUT2D eigenvalue weighted by atomic mass is 9.94. The van der Waals surface area contributed by atoms with Gasteiger partial charge in [-0.2, -0.15) is 0 Å². The van der Waals surface area contributed by atoms with Gasteiger partial charge in [0.1, 0.15) is 6.10 Å². The van der Waals surface area contributed by atoms with E-state index in [4.69, 9.17) is 9.47 Å². The van der Waals surface area contributed by atoms with Gasteiger partial charge in [0.2, 0.25) is 6.79 Å². The molecule has 154 valence electrons. The summed E-state index contributed by atoms with van der Waals surface area (Å²) in [5.74, 6) is 0.716. The fraction of sp³-hybridized carbons (Fsp3) is 0.115. The lowest BCUT2D eigenvalue weighted by Crippen LogP contribution is -2.18. The van der Waals surface area contributed by atoms with E-state index in [1.807, 2.05) is 66.3 Å². The summed E-state index contributed by atoms with van der Waals surface area (Å²) in [6.07, 6.45) is 2.35. The molecule has 1 aromatic heterocycles. The molecule has 1 atom stereocenters. The van der Waals surface area contributed by atoms with Crippen LogP contribution in [0.4, 0.5) is 0 Å². The Bertz CT molecular complexity index is 1300. The number of aryl methyl sites for hydroxylation is 1. The largest absolute Gasteiger partial charge is 0.454 e. The smallest absolute Gasteiger partial charge is 0.231 e. The third-order valence-corrected chi connectivity index (χ3v) is 5.52. The molecule has 0 aliphatic carbocycles. The van der Waals surface area contributed by atoms with Crippen LogP contribution in [0.15, 0.2) is 85.1 Å². The number of hydrogen-bond donors (Lipinski definition) is 1. The minimum atomic E-state index is -1.31. The van der Waals surface area contributed by atoms with Crippen molar-refractivity contribution in [1.82, 2.24) is 4.57 Å². The van der Waals surface area contributed by atoms with E-state index in [0.717, 1.165) is 27.6 Å². The molecular weight excluding hydrogens is 390 g/mol. The Balaban J connectivity index is 1.59. The minimum absolute atomic E-state index is 0.134. The van der Waals surface area contributed by atoms with Gasteiger partial charge in [0.25, 0.3) is 0 Å². The molecule has 0 amide bonds. The van der Waals surface area contributed by atoms with Crippen LogP contribution < -0.4 is 9.47 Å². The Morgan fingerprint density at radius 1 is 0.968 bits per heavy atom. The number of carbonyl (C=O) groups excluding carboxylic acids is 1. The highest BCUT2D eigenvalue weighted by atomic mass is 16.7. The zero-order valence-electron chi connectivity index (χ0n) is 17.0. The van der Waals surface area contributed by atoms with Gasteiger partial charge < -0.3 is 19.1 Å². The number of fused-ring (bicyclic) bond motifs is 2. The van der Waals surface area contributed by atoms with Gasteiger partial charge in [-0.1, -0.05) is 48.5 Å². The number of ether oxygens (including phenoxy) is 2. The standard InChI is InChI=1S/C26H21NO4/c1-27-15-21(19-9-5-6-10-22(19)27)20(17-7-3-2-4-8-17)14-23(28)26(29)18-11-12-24-25(13-18)31-16-30-24/h2-15,23,28H,16H2,1H3/b20-14+/t23-/m1/s1. The van der Waals surface area contributed by atoms with Crippen molar-refractivity contribution in [2.24, 2.45) is 7.05 Å². The molecule has 0 bridgehead atoms. The van der Waals surface area contributed by atoms with Crippen molar-refractivity contribution < 1.29 is 19.4 Å². The van der Waals surface area contributed by atoms with Gasteiger partial charge in [-0.05, 0) is 41.5 Å². The maximum absolute atomic E-state index is 13.0. The molecule has 3 aromatic carbocycles. The Kier molecular flexibility index (Phi) is 4.81. The van der Waals surface area contributed by atoms with Crippen LogP contribution in [-0.2, 0) is 7.05 Å². The number of para-hydroxylation sites is 1. The van der Waals surface area contributed by atoms with Crippen LogP contribution in [0.3, 0.4) is 0 Å². The highest BCUT2D eigenvalue weighted by molar-refractivity contribution is 6.04. The number of hydrogen-bond acceptors (Lipinski definition) is 4. The van der Waals surface area contributed by atoms with Crippen LogP contribution in [0.5, 0.6) is 11.5 Å². The molecule has 1 aliphatic rings. The van der Waals surface area contributed by atoms with E-state index in [1.54, 1.807) is 24.3 Å². The first kappa shape index (κ1) is 19.2. The van der Waals surface area contributed by atoms with Crippen molar-refractivity contribution in [1.29, 1.82) is 0 Å². The maximum atomic E-state index is 13.0. The Morgan fingerprint density at radius 3 is 2.55 bits per heavy atom. The van der Waals surface area contributed by atoms with Gasteiger partial charge in [0, 0.05) is 35.3 Å². The summed E-state index contributed by atoms with van der Waals surface area (Å²) in [5, 5.41) is 11.9. The number of rotatable bonds is 5. The molecule has 5 nitrogen and oxygen atoms in total. The molecule has 5 rings (SSSR count). The van der Waals surface area contributed by atoms with E-state index < -0.39 is 11.9 Å². The molecule has 1 aliphatic heterocycles. The van der Waals surface area contributed by atoms with Gasteiger partial charge >= 0.3 is 0 Å². The van der Waals surface area contributed by atoms with Crippen LogP contribution >= 0.6 is 0 Å². The second kappa shape index (κ2) is 7.78. The lowest BCUT2D eigenvalue weighted by Gasteiger charge is -2.12. The molecule has 0 saturated heterocycles. The number of benzene rings is 3. The predicted molar refractivity (Wildman–Crippen MR) is 119 cm³/mol. The zero-order chi connectivity index (χ0) is 21.4. The monoisotopic (exact) mass is 411 g/mol. The zero-order valence-corrected chi connectivity index (χ0v) is 17.0. The number of nitrogens with zero attached hydrogens (tertiary/aromatic N) is 1. The van der Waals surface area contributed by atoms with E-state index in [-0.39, 0.29) is 6.79 Å². The summed E-state index contributed by atoms with van der Waals surface area (Å²) >= 11 is 0. The average Bonchev–Trinajstić information content (AvgIpc) is 3.41. The highest BCUT2D eigenvalue weighted by Crippen LogP contribution is 2.34. The van der Waals surface area contributed by atoms with Gasteiger partial charge in [-0.25, -0.2) is 0 Å². The van der Waals surface area contributed by atoms with E-state index in [9.17, 15) is 9.90 Å². The summed E-state index contributed by atoms with van der Waals surface area (Å²) in [5.41, 5.74) is 4.14. The lowest BCUT2D eigenvalue weighted by molar-refractivity contribution is 0.0821. The van der Waals surface area contributed by atoms with Gasteiger partial charge in [-0.15, -0.1) is 0 Å². The van der Waals surface area contributed by atoms with Crippen molar-refractivity contribution in [2.45, 2.75) is 6.10 Å². The molecule has 0 radical (unpaired) electrons. The van der Waals surface area contributed by atoms with Gasteiger partial charge in [0.15, 0.2) is 17.3 Å². The van der Waals surface area contributed by atoms with Crippen LogP contribution in [-0.4, -0.2) is 28.4 Å². The van der Waals surface area contributed by atoms with Crippen molar-refractivity contribution in [3.63, 3.8) is 0 Å². The third kappa shape index (κ3) is 3.49. The second-order valence-electron chi connectivity index (χ2n) is 7.49. The third-order valence-electron chi connectivity index (χ3n) is 5.52.